The topological polar surface area (TPSA) is 48.3 Å². The van der Waals surface area contributed by atoms with Gasteiger partial charge in [0.2, 0.25) is 5.95 Å². The molecule has 2 rings (SSSR count). The Kier molecular flexibility index (Phi) is 3.61. The molecule has 5 heteroatoms. The van der Waals surface area contributed by atoms with E-state index in [1.165, 1.54) is 0 Å². The summed E-state index contributed by atoms with van der Waals surface area (Å²) in [5, 5.41) is 3.08. The first-order valence-electron chi connectivity index (χ1n) is 5.48. The number of anilines is 1. The van der Waals surface area contributed by atoms with Gasteiger partial charge in [0.05, 0.1) is 17.6 Å². The van der Waals surface area contributed by atoms with E-state index in [4.69, 9.17) is 9.47 Å². The second kappa shape index (κ2) is 5.16. The van der Waals surface area contributed by atoms with E-state index in [1.54, 1.807) is 14.2 Å². The van der Waals surface area contributed by atoms with Gasteiger partial charge in [-0.3, -0.25) is 0 Å². The lowest BCUT2D eigenvalue weighted by Gasteiger charge is -2.16. The summed E-state index contributed by atoms with van der Waals surface area (Å²) in [7, 11) is 5.12. The summed E-state index contributed by atoms with van der Waals surface area (Å²) in [4.78, 5) is 4.49. The Morgan fingerprint density at radius 2 is 2.00 bits per heavy atom. The Balaban J connectivity index is 2.42. The number of hydrogen-bond donors (Lipinski definition) is 1. The lowest BCUT2D eigenvalue weighted by Crippen LogP contribution is -2.21. The monoisotopic (exact) mass is 235 g/mol. The van der Waals surface area contributed by atoms with Crippen LogP contribution in [0.3, 0.4) is 0 Å². The molecule has 0 radical (unpaired) electrons. The molecule has 0 aliphatic heterocycles. The molecule has 0 amide bonds. The van der Waals surface area contributed by atoms with E-state index in [-0.39, 0.29) is 6.29 Å². The standard InChI is InChI=1S/C12H17N3O2/c1-13-12-14-9-6-4-5-7-10(9)15(12)8-11(16-2)17-3/h4-7,11H,8H2,1-3H3,(H,13,14). The third-order valence-corrected chi connectivity index (χ3v) is 2.74. The van der Waals surface area contributed by atoms with Crippen molar-refractivity contribution in [3.05, 3.63) is 24.3 Å². The molecule has 5 nitrogen and oxygen atoms in total. The van der Waals surface area contributed by atoms with Crippen LogP contribution in [-0.2, 0) is 16.0 Å². The molecule has 1 aromatic carbocycles. The first kappa shape index (κ1) is 11.9. The second-order valence-corrected chi connectivity index (χ2v) is 3.69. The van der Waals surface area contributed by atoms with Crippen molar-refractivity contribution in [1.82, 2.24) is 9.55 Å². The summed E-state index contributed by atoms with van der Waals surface area (Å²) in [6.07, 6.45) is -0.278. The van der Waals surface area contributed by atoms with Gasteiger partial charge < -0.3 is 19.4 Å². The number of benzene rings is 1. The van der Waals surface area contributed by atoms with Crippen LogP contribution in [0.15, 0.2) is 24.3 Å². The van der Waals surface area contributed by atoms with E-state index in [0.717, 1.165) is 17.0 Å². The molecule has 1 heterocycles. The maximum absolute atomic E-state index is 5.22. The van der Waals surface area contributed by atoms with E-state index in [1.807, 2.05) is 35.9 Å². The van der Waals surface area contributed by atoms with Crippen molar-refractivity contribution >= 4 is 17.0 Å². The van der Waals surface area contributed by atoms with Gasteiger partial charge in [-0.25, -0.2) is 4.98 Å². The van der Waals surface area contributed by atoms with Crippen LogP contribution in [0.25, 0.3) is 11.0 Å². The number of ether oxygens (including phenoxy) is 2. The maximum Gasteiger partial charge on any atom is 0.203 e. The molecule has 0 saturated heterocycles. The minimum atomic E-state index is -0.278. The van der Waals surface area contributed by atoms with Gasteiger partial charge in [-0.1, -0.05) is 12.1 Å². The maximum atomic E-state index is 5.22. The summed E-state index contributed by atoms with van der Waals surface area (Å²) in [6.45, 7) is 0.601. The number of para-hydroxylation sites is 2. The fourth-order valence-corrected chi connectivity index (χ4v) is 1.85. The number of rotatable bonds is 5. The molecule has 92 valence electrons. The first-order chi connectivity index (χ1) is 8.30. The fourth-order valence-electron chi connectivity index (χ4n) is 1.85. The minimum absolute atomic E-state index is 0.278. The number of nitrogens with one attached hydrogen (secondary N) is 1. The van der Waals surface area contributed by atoms with Crippen LogP contribution in [0.5, 0.6) is 0 Å². The third kappa shape index (κ3) is 2.25. The van der Waals surface area contributed by atoms with Crippen molar-refractivity contribution in [2.75, 3.05) is 26.6 Å². The summed E-state index contributed by atoms with van der Waals surface area (Å²) in [5.41, 5.74) is 2.03. The number of methoxy groups -OCH3 is 2. The summed E-state index contributed by atoms with van der Waals surface area (Å²) in [5.74, 6) is 0.810. The van der Waals surface area contributed by atoms with Crippen LogP contribution in [0.1, 0.15) is 0 Å². The quantitative estimate of drug-likeness (QED) is 0.801. The molecule has 2 aromatic rings. The van der Waals surface area contributed by atoms with Gasteiger partial charge in [0.25, 0.3) is 0 Å². The second-order valence-electron chi connectivity index (χ2n) is 3.69. The summed E-state index contributed by atoms with van der Waals surface area (Å²) in [6, 6.07) is 7.99. The van der Waals surface area contributed by atoms with Gasteiger partial charge in [0.1, 0.15) is 0 Å². The zero-order chi connectivity index (χ0) is 12.3. The molecule has 1 aromatic heterocycles. The predicted octanol–water partition coefficient (Wildman–Crippen LogP) is 1.70. The van der Waals surface area contributed by atoms with Crippen molar-refractivity contribution < 1.29 is 9.47 Å². The number of nitrogens with zero attached hydrogens (tertiary/aromatic N) is 2. The Morgan fingerprint density at radius 3 is 2.65 bits per heavy atom. The van der Waals surface area contributed by atoms with Crippen molar-refractivity contribution in [1.29, 1.82) is 0 Å². The Bertz CT molecular complexity index is 491. The highest BCUT2D eigenvalue weighted by molar-refractivity contribution is 5.78. The van der Waals surface area contributed by atoms with Crippen LogP contribution in [-0.4, -0.2) is 37.1 Å². The molecular formula is C12H17N3O2. The van der Waals surface area contributed by atoms with Crippen LogP contribution >= 0.6 is 0 Å². The lowest BCUT2D eigenvalue weighted by atomic mass is 10.3. The average molecular weight is 235 g/mol. The Labute approximate surface area is 100 Å². The Hall–Kier alpha value is -1.59. The first-order valence-corrected chi connectivity index (χ1v) is 5.48. The van der Waals surface area contributed by atoms with Crippen molar-refractivity contribution in [3.63, 3.8) is 0 Å². The smallest absolute Gasteiger partial charge is 0.203 e. The molecule has 0 bridgehead atoms. The van der Waals surface area contributed by atoms with Crippen molar-refractivity contribution in [2.24, 2.45) is 0 Å². The molecule has 0 aliphatic carbocycles. The Morgan fingerprint density at radius 1 is 1.29 bits per heavy atom. The van der Waals surface area contributed by atoms with Crippen LogP contribution < -0.4 is 5.32 Å². The van der Waals surface area contributed by atoms with Crippen molar-refractivity contribution in [2.45, 2.75) is 12.8 Å². The third-order valence-electron chi connectivity index (χ3n) is 2.74. The van der Waals surface area contributed by atoms with Gasteiger partial charge in [0, 0.05) is 21.3 Å². The average Bonchev–Trinajstić information content (AvgIpc) is 2.73. The molecule has 0 atom stereocenters. The van der Waals surface area contributed by atoms with Crippen LogP contribution in [0, 0.1) is 0 Å². The van der Waals surface area contributed by atoms with E-state index < -0.39 is 0 Å². The molecule has 0 fully saturated rings. The van der Waals surface area contributed by atoms with Gasteiger partial charge in [-0.15, -0.1) is 0 Å². The molecular weight excluding hydrogens is 218 g/mol. The molecule has 0 saturated carbocycles. The van der Waals surface area contributed by atoms with Gasteiger partial charge in [-0.05, 0) is 12.1 Å². The molecule has 0 spiro atoms. The van der Waals surface area contributed by atoms with Gasteiger partial charge in [-0.2, -0.15) is 0 Å². The predicted molar refractivity (Wildman–Crippen MR) is 67.1 cm³/mol. The van der Waals surface area contributed by atoms with E-state index in [0.29, 0.717) is 6.54 Å². The van der Waals surface area contributed by atoms with Crippen molar-refractivity contribution in [3.8, 4) is 0 Å². The molecule has 17 heavy (non-hydrogen) atoms. The lowest BCUT2D eigenvalue weighted by molar-refractivity contribution is -0.110. The normalized spacial score (nSPS) is 11.3. The minimum Gasteiger partial charge on any atom is -0.359 e. The largest absolute Gasteiger partial charge is 0.359 e. The van der Waals surface area contributed by atoms with E-state index in [2.05, 4.69) is 10.3 Å². The fraction of sp³-hybridized carbons (Fsp3) is 0.417. The summed E-state index contributed by atoms with van der Waals surface area (Å²) >= 11 is 0. The van der Waals surface area contributed by atoms with E-state index in [9.17, 15) is 0 Å². The highest BCUT2D eigenvalue weighted by atomic mass is 16.7. The van der Waals surface area contributed by atoms with Gasteiger partial charge in [0.15, 0.2) is 6.29 Å². The molecule has 0 aliphatic rings. The zero-order valence-corrected chi connectivity index (χ0v) is 10.3. The number of aromatic nitrogens is 2. The number of hydrogen-bond acceptors (Lipinski definition) is 4. The highest BCUT2D eigenvalue weighted by Gasteiger charge is 2.13. The number of imidazole rings is 1. The highest BCUT2D eigenvalue weighted by Crippen LogP contribution is 2.20. The van der Waals surface area contributed by atoms with Crippen LogP contribution in [0.4, 0.5) is 5.95 Å². The van der Waals surface area contributed by atoms with Gasteiger partial charge >= 0.3 is 0 Å². The molecule has 0 unspecified atom stereocenters. The number of fused-ring (bicyclic) bond motifs is 1. The SMILES string of the molecule is CNc1nc2ccccc2n1CC(OC)OC. The zero-order valence-electron chi connectivity index (χ0n) is 10.3. The summed E-state index contributed by atoms with van der Waals surface area (Å²) < 4.78 is 12.5. The van der Waals surface area contributed by atoms with Crippen LogP contribution in [0.2, 0.25) is 0 Å². The molecule has 1 N–H and O–H groups in total. The van der Waals surface area contributed by atoms with E-state index >= 15 is 0 Å².